The summed E-state index contributed by atoms with van der Waals surface area (Å²) in [5, 5.41) is 5.65. The van der Waals surface area contributed by atoms with Crippen molar-refractivity contribution in [2.45, 2.75) is 24.8 Å². The molecule has 3 rings (SSSR count). The zero-order valence-electron chi connectivity index (χ0n) is 11.9. The van der Waals surface area contributed by atoms with Crippen LogP contribution in [0.3, 0.4) is 0 Å². The van der Waals surface area contributed by atoms with Crippen LogP contribution in [0, 0.1) is 0 Å². The first-order chi connectivity index (χ1) is 10.3. The van der Waals surface area contributed by atoms with Gasteiger partial charge in [0.15, 0.2) is 0 Å². The van der Waals surface area contributed by atoms with E-state index in [1.807, 2.05) is 30.5 Å². The van der Waals surface area contributed by atoms with Crippen LogP contribution >= 0.6 is 11.5 Å². The zero-order valence-corrected chi connectivity index (χ0v) is 12.7. The van der Waals surface area contributed by atoms with Crippen LogP contribution in [-0.2, 0) is 4.74 Å². The average molecular weight is 302 g/mol. The first-order valence-corrected chi connectivity index (χ1v) is 7.93. The molecule has 0 radical (unpaired) electrons. The average Bonchev–Trinajstić information content (AvgIpc) is 3.09. The molecule has 110 valence electrons. The number of benzene rings is 1. The molecule has 2 heterocycles. The van der Waals surface area contributed by atoms with Crippen molar-refractivity contribution >= 4 is 17.5 Å². The molecular formula is C16H18N2O2S. The molecule has 1 fully saturated rings. The fourth-order valence-corrected chi connectivity index (χ4v) is 3.59. The minimum Gasteiger partial charge on any atom is -0.465 e. The highest BCUT2D eigenvalue weighted by atomic mass is 32.1. The normalized spacial score (nSPS) is 22.0. The first-order valence-electron chi connectivity index (χ1n) is 7.09. The second-order valence-electron chi connectivity index (χ2n) is 5.26. The highest BCUT2D eigenvalue weighted by Crippen LogP contribution is 2.35. The van der Waals surface area contributed by atoms with E-state index in [1.54, 1.807) is 0 Å². The number of aromatic nitrogens is 1. The van der Waals surface area contributed by atoms with Gasteiger partial charge in [-0.25, -0.2) is 9.17 Å². The minimum absolute atomic E-state index is 0.180. The third-order valence-electron chi connectivity index (χ3n) is 4.07. The van der Waals surface area contributed by atoms with Gasteiger partial charge < -0.3 is 10.1 Å². The lowest BCUT2D eigenvalue weighted by atomic mass is 9.84. The molecule has 1 unspecified atom stereocenters. The Balaban J connectivity index is 1.85. The van der Waals surface area contributed by atoms with E-state index in [-0.39, 0.29) is 12.0 Å². The Labute approximate surface area is 128 Å². The molecule has 2 atom stereocenters. The number of nitrogens with one attached hydrogen (secondary N) is 1. The predicted molar refractivity (Wildman–Crippen MR) is 82.6 cm³/mol. The van der Waals surface area contributed by atoms with Crippen LogP contribution in [-0.4, -0.2) is 24.0 Å². The third-order valence-corrected chi connectivity index (χ3v) is 4.67. The molecule has 2 aromatic rings. The maximum absolute atomic E-state index is 11.9. The molecule has 4 nitrogen and oxygen atoms in total. The Morgan fingerprint density at radius 1 is 1.43 bits per heavy atom. The lowest BCUT2D eigenvalue weighted by Crippen LogP contribution is -2.32. The van der Waals surface area contributed by atoms with Gasteiger partial charge in [0.2, 0.25) is 0 Å². The van der Waals surface area contributed by atoms with E-state index < -0.39 is 0 Å². The van der Waals surface area contributed by atoms with Gasteiger partial charge in [0.05, 0.1) is 12.7 Å². The van der Waals surface area contributed by atoms with Crippen LogP contribution in [0.15, 0.2) is 35.8 Å². The van der Waals surface area contributed by atoms with Gasteiger partial charge in [-0.15, -0.1) is 0 Å². The lowest BCUT2D eigenvalue weighted by molar-refractivity contribution is 0.0598. The summed E-state index contributed by atoms with van der Waals surface area (Å²) in [6, 6.07) is 7.87. The molecule has 0 amide bonds. The number of hydrogen-bond donors (Lipinski definition) is 1. The summed E-state index contributed by atoms with van der Waals surface area (Å²) < 4.78 is 9.09. The topological polar surface area (TPSA) is 51.2 Å². The summed E-state index contributed by atoms with van der Waals surface area (Å²) >= 11 is 1.50. The second-order valence-corrected chi connectivity index (χ2v) is 5.92. The van der Waals surface area contributed by atoms with Crippen molar-refractivity contribution in [1.29, 1.82) is 0 Å². The molecule has 1 aliphatic heterocycles. The maximum atomic E-state index is 11.9. The molecule has 0 spiro atoms. The number of piperidine rings is 1. The third kappa shape index (κ3) is 2.99. The molecule has 1 aromatic heterocycles. The molecular weight excluding hydrogens is 284 g/mol. The van der Waals surface area contributed by atoms with Crippen molar-refractivity contribution in [2.24, 2.45) is 0 Å². The molecule has 21 heavy (non-hydrogen) atoms. The second kappa shape index (κ2) is 6.37. The van der Waals surface area contributed by atoms with Crippen LogP contribution in [0.1, 0.15) is 46.3 Å². The summed E-state index contributed by atoms with van der Waals surface area (Å²) in [6.07, 6.45) is 4.05. The molecule has 5 heteroatoms. The van der Waals surface area contributed by atoms with E-state index in [0.29, 0.717) is 11.5 Å². The summed E-state index contributed by atoms with van der Waals surface area (Å²) in [5.41, 5.74) is 2.99. The number of nitrogens with zero attached hydrogens (tertiary/aromatic N) is 1. The van der Waals surface area contributed by atoms with Crippen molar-refractivity contribution in [3.63, 3.8) is 0 Å². The fraction of sp³-hybridized carbons (Fsp3) is 0.375. The Bertz CT molecular complexity index is 612. The van der Waals surface area contributed by atoms with Crippen molar-refractivity contribution in [3.8, 4) is 0 Å². The predicted octanol–water partition coefficient (Wildman–Crippen LogP) is 3.14. The summed E-state index contributed by atoms with van der Waals surface area (Å²) in [6.45, 7) is 0.945. The quantitative estimate of drug-likeness (QED) is 0.885. The molecule has 1 N–H and O–H groups in total. The van der Waals surface area contributed by atoms with Crippen molar-refractivity contribution in [1.82, 2.24) is 9.69 Å². The summed E-state index contributed by atoms with van der Waals surface area (Å²) in [7, 11) is 1.42. The summed E-state index contributed by atoms with van der Waals surface area (Å²) in [4.78, 5) is 11.9. The number of carbonyl (C=O) groups excluding carboxylic acids is 1. The van der Waals surface area contributed by atoms with Crippen molar-refractivity contribution in [2.75, 3.05) is 13.7 Å². The monoisotopic (exact) mass is 302 g/mol. The lowest BCUT2D eigenvalue weighted by Gasteiger charge is -2.31. The van der Waals surface area contributed by atoms with E-state index in [2.05, 4.69) is 15.1 Å². The molecule has 1 aromatic carbocycles. The minimum atomic E-state index is -0.272. The molecule has 1 saturated heterocycles. The molecule has 1 aliphatic rings. The van der Waals surface area contributed by atoms with E-state index in [1.165, 1.54) is 24.2 Å². The van der Waals surface area contributed by atoms with Gasteiger partial charge in [0, 0.05) is 17.6 Å². The molecule has 0 bridgehead atoms. The number of hydrogen-bond acceptors (Lipinski definition) is 5. The van der Waals surface area contributed by atoms with Gasteiger partial charge in [0.25, 0.3) is 0 Å². The maximum Gasteiger partial charge on any atom is 0.338 e. The Morgan fingerprint density at radius 2 is 2.29 bits per heavy atom. The van der Waals surface area contributed by atoms with E-state index in [4.69, 9.17) is 4.74 Å². The standard InChI is InChI=1S/C16H18N2O2S/c1-20-16(19)14-5-3-2-4-13(14)15-8-11(6-7-17-15)12-9-18-21-10-12/h2-5,9-11,15,17H,6-8H2,1H3/t11?,15-/m0/s1. The number of ether oxygens (including phenoxy) is 1. The SMILES string of the molecule is COC(=O)c1ccccc1[C@@H]1CC(c2cnsc2)CCN1. The van der Waals surface area contributed by atoms with Crippen LogP contribution in [0.5, 0.6) is 0 Å². The largest absolute Gasteiger partial charge is 0.465 e. The molecule has 0 saturated carbocycles. The van der Waals surface area contributed by atoms with Gasteiger partial charge in [-0.2, -0.15) is 0 Å². The van der Waals surface area contributed by atoms with Gasteiger partial charge >= 0.3 is 5.97 Å². The first kappa shape index (κ1) is 14.2. The molecule has 0 aliphatic carbocycles. The smallest absolute Gasteiger partial charge is 0.338 e. The Kier molecular flexibility index (Phi) is 4.31. The Morgan fingerprint density at radius 3 is 3.05 bits per heavy atom. The number of carbonyl (C=O) groups is 1. The van der Waals surface area contributed by atoms with E-state index >= 15 is 0 Å². The number of esters is 1. The highest BCUT2D eigenvalue weighted by molar-refractivity contribution is 7.03. The summed E-state index contributed by atoms with van der Waals surface area (Å²) in [5.74, 6) is 0.229. The van der Waals surface area contributed by atoms with E-state index in [0.717, 1.165) is 24.9 Å². The van der Waals surface area contributed by atoms with Crippen molar-refractivity contribution < 1.29 is 9.53 Å². The fourth-order valence-electron chi connectivity index (χ4n) is 2.97. The van der Waals surface area contributed by atoms with Crippen LogP contribution in [0.2, 0.25) is 0 Å². The van der Waals surface area contributed by atoms with Gasteiger partial charge in [-0.3, -0.25) is 0 Å². The van der Waals surface area contributed by atoms with Crippen molar-refractivity contribution in [3.05, 3.63) is 52.5 Å². The highest BCUT2D eigenvalue weighted by Gasteiger charge is 2.27. The van der Waals surface area contributed by atoms with Gasteiger partial charge in [0.1, 0.15) is 0 Å². The van der Waals surface area contributed by atoms with Crippen LogP contribution in [0.4, 0.5) is 0 Å². The zero-order chi connectivity index (χ0) is 14.7. The number of rotatable bonds is 3. The van der Waals surface area contributed by atoms with E-state index in [9.17, 15) is 4.79 Å². The van der Waals surface area contributed by atoms with Crippen LogP contribution < -0.4 is 5.32 Å². The van der Waals surface area contributed by atoms with Crippen LogP contribution in [0.25, 0.3) is 0 Å². The Hall–Kier alpha value is -1.72. The number of methoxy groups -OCH3 is 1. The van der Waals surface area contributed by atoms with Gasteiger partial charge in [-0.1, -0.05) is 18.2 Å². The van der Waals surface area contributed by atoms with Gasteiger partial charge in [-0.05, 0) is 54.0 Å².